The van der Waals surface area contributed by atoms with Gasteiger partial charge in [-0.25, -0.2) is 4.98 Å². The topological polar surface area (TPSA) is 64.1 Å². The molecule has 0 radical (unpaired) electrons. The molecule has 5 nitrogen and oxygen atoms in total. The molecule has 1 unspecified atom stereocenters. The normalized spacial score (nSPS) is 11.8. The minimum atomic E-state index is -0.255. The van der Waals surface area contributed by atoms with Crippen molar-refractivity contribution in [2.45, 2.75) is 19.9 Å². The Kier molecular flexibility index (Phi) is 4.30. The number of hydrogen-bond acceptors (Lipinski definition) is 4. The number of amides is 1. The number of aryl methyl sites for hydroxylation is 1. The molecule has 2 aromatic rings. The van der Waals surface area contributed by atoms with Crippen molar-refractivity contribution in [3.8, 4) is 5.75 Å². The first-order valence-corrected chi connectivity index (χ1v) is 6.33. The lowest BCUT2D eigenvalue weighted by molar-refractivity contribution is 0.0934. The largest absolute Gasteiger partial charge is 0.496 e. The van der Waals surface area contributed by atoms with E-state index >= 15 is 0 Å². The van der Waals surface area contributed by atoms with Crippen LogP contribution in [0.15, 0.2) is 36.8 Å². The quantitative estimate of drug-likeness (QED) is 0.926. The van der Waals surface area contributed by atoms with Crippen LogP contribution in [0.1, 0.15) is 34.6 Å². The van der Waals surface area contributed by atoms with Crippen LogP contribution in [0.25, 0.3) is 0 Å². The van der Waals surface area contributed by atoms with E-state index in [2.05, 4.69) is 15.3 Å². The Morgan fingerprint density at radius 1 is 1.35 bits per heavy atom. The first-order valence-electron chi connectivity index (χ1n) is 6.33. The standard InChI is InChI=1S/C15H17N3O2/c1-10-4-5-14(20-3)12(8-10)11(2)18-15(19)13-9-16-6-7-17-13/h4-9,11H,1-3H3,(H,18,19). The molecule has 0 saturated heterocycles. The molecule has 0 aliphatic heterocycles. The van der Waals surface area contributed by atoms with Crippen molar-refractivity contribution in [3.05, 3.63) is 53.6 Å². The van der Waals surface area contributed by atoms with E-state index < -0.39 is 0 Å². The van der Waals surface area contributed by atoms with Crippen molar-refractivity contribution in [2.24, 2.45) is 0 Å². The molecule has 2 rings (SSSR count). The van der Waals surface area contributed by atoms with Crippen LogP contribution < -0.4 is 10.1 Å². The summed E-state index contributed by atoms with van der Waals surface area (Å²) in [4.78, 5) is 19.9. The van der Waals surface area contributed by atoms with Crippen molar-refractivity contribution < 1.29 is 9.53 Å². The fourth-order valence-corrected chi connectivity index (χ4v) is 1.96. The van der Waals surface area contributed by atoms with Crippen LogP contribution in [-0.2, 0) is 0 Å². The molecule has 0 saturated carbocycles. The summed E-state index contributed by atoms with van der Waals surface area (Å²) in [5, 5.41) is 2.89. The van der Waals surface area contributed by atoms with E-state index in [4.69, 9.17) is 4.74 Å². The molecule has 1 atom stereocenters. The molecule has 0 aliphatic carbocycles. The Bertz CT molecular complexity index is 599. The molecular formula is C15H17N3O2. The minimum Gasteiger partial charge on any atom is -0.496 e. The second kappa shape index (κ2) is 6.14. The van der Waals surface area contributed by atoms with Crippen LogP contribution in [0.5, 0.6) is 5.75 Å². The summed E-state index contributed by atoms with van der Waals surface area (Å²) in [6.07, 6.45) is 4.46. The van der Waals surface area contributed by atoms with Gasteiger partial charge >= 0.3 is 0 Å². The van der Waals surface area contributed by atoms with Gasteiger partial charge < -0.3 is 10.1 Å². The molecule has 104 valence electrons. The average molecular weight is 271 g/mol. The number of nitrogens with one attached hydrogen (secondary N) is 1. The highest BCUT2D eigenvalue weighted by atomic mass is 16.5. The van der Waals surface area contributed by atoms with Gasteiger partial charge in [0.05, 0.1) is 19.3 Å². The van der Waals surface area contributed by atoms with Gasteiger partial charge in [-0.3, -0.25) is 9.78 Å². The lowest BCUT2D eigenvalue weighted by atomic mass is 10.0. The number of aromatic nitrogens is 2. The predicted octanol–water partition coefficient (Wildman–Crippen LogP) is 2.28. The van der Waals surface area contributed by atoms with Crippen molar-refractivity contribution in [3.63, 3.8) is 0 Å². The summed E-state index contributed by atoms with van der Waals surface area (Å²) < 4.78 is 5.33. The Morgan fingerprint density at radius 3 is 2.80 bits per heavy atom. The van der Waals surface area contributed by atoms with E-state index in [1.165, 1.54) is 18.6 Å². The monoisotopic (exact) mass is 271 g/mol. The third-order valence-electron chi connectivity index (χ3n) is 3.00. The lowest BCUT2D eigenvalue weighted by Gasteiger charge is -2.17. The van der Waals surface area contributed by atoms with Gasteiger partial charge in [-0.15, -0.1) is 0 Å². The maximum Gasteiger partial charge on any atom is 0.271 e. The van der Waals surface area contributed by atoms with Gasteiger partial charge in [-0.05, 0) is 19.9 Å². The molecular weight excluding hydrogens is 254 g/mol. The third kappa shape index (κ3) is 3.12. The molecule has 0 aliphatic rings. The molecule has 1 heterocycles. The summed E-state index contributed by atoms with van der Waals surface area (Å²) in [6.45, 7) is 3.91. The second-order valence-corrected chi connectivity index (χ2v) is 4.53. The molecule has 0 bridgehead atoms. The van der Waals surface area contributed by atoms with Crippen molar-refractivity contribution >= 4 is 5.91 Å². The number of rotatable bonds is 4. The highest BCUT2D eigenvalue weighted by Crippen LogP contribution is 2.26. The number of nitrogens with zero attached hydrogens (tertiary/aromatic N) is 2. The molecule has 5 heteroatoms. The van der Waals surface area contributed by atoms with Gasteiger partial charge in [0.2, 0.25) is 0 Å². The van der Waals surface area contributed by atoms with Gasteiger partial charge in [0.25, 0.3) is 5.91 Å². The number of carbonyl (C=O) groups excluding carboxylic acids is 1. The first kappa shape index (κ1) is 14.0. The summed E-state index contributed by atoms with van der Waals surface area (Å²) in [7, 11) is 1.62. The Morgan fingerprint density at radius 2 is 2.15 bits per heavy atom. The first-order chi connectivity index (χ1) is 9.61. The van der Waals surface area contributed by atoms with Gasteiger partial charge in [0.15, 0.2) is 0 Å². The van der Waals surface area contributed by atoms with Crippen LogP contribution in [0.3, 0.4) is 0 Å². The summed E-state index contributed by atoms with van der Waals surface area (Å²) in [6, 6.07) is 5.69. The number of methoxy groups -OCH3 is 1. The van der Waals surface area contributed by atoms with Crippen LogP contribution >= 0.6 is 0 Å². The van der Waals surface area contributed by atoms with Crippen LogP contribution in [0.2, 0.25) is 0 Å². The molecule has 1 N–H and O–H groups in total. The van der Waals surface area contributed by atoms with Crippen molar-refractivity contribution in [1.82, 2.24) is 15.3 Å². The van der Waals surface area contributed by atoms with Gasteiger partial charge in [-0.2, -0.15) is 0 Å². The number of ether oxygens (including phenoxy) is 1. The smallest absolute Gasteiger partial charge is 0.271 e. The van der Waals surface area contributed by atoms with E-state index in [-0.39, 0.29) is 11.9 Å². The summed E-state index contributed by atoms with van der Waals surface area (Å²) >= 11 is 0. The van der Waals surface area contributed by atoms with Crippen molar-refractivity contribution in [1.29, 1.82) is 0 Å². The van der Waals surface area contributed by atoms with Crippen LogP contribution in [0.4, 0.5) is 0 Å². The zero-order chi connectivity index (χ0) is 14.5. The van der Waals surface area contributed by atoms with Crippen LogP contribution in [0, 0.1) is 6.92 Å². The average Bonchev–Trinajstić information content (AvgIpc) is 2.48. The number of carbonyl (C=O) groups is 1. The van der Waals surface area contributed by atoms with Gasteiger partial charge in [0.1, 0.15) is 11.4 Å². The summed E-state index contributed by atoms with van der Waals surface area (Å²) in [5.74, 6) is 0.497. The number of benzene rings is 1. The van der Waals surface area contributed by atoms with Crippen LogP contribution in [-0.4, -0.2) is 23.0 Å². The van der Waals surface area contributed by atoms with Crippen molar-refractivity contribution in [2.75, 3.05) is 7.11 Å². The lowest BCUT2D eigenvalue weighted by Crippen LogP contribution is -2.27. The Balaban J connectivity index is 2.18. The Hall–Kier alpha value is -2.43. The van der Waals surface area contributed by atoms with Gasteiger partial charge in [0, 0.05) is 18.0 Å². The molecule has 1 aromatic heterocycles. The van der Waals surface area contributed by atoms with E-state index in [0.29, 0.717) is 5.69 Å². The maximum absolute atomic E-state index is 12.1. The Labute approximate surface area is 118 Å². The van der Waals surface area contributed by atoms with E-state index in [1.807, 2.05) is 32.0 Å². The molecule has 20 heavy (non-hydrogen) atoms. The van der Waals surface area contributed by atoms with E-state index in [1.54, 1.807) is 7.11 Å². The zero-order valence-corrected chi connectivity index (χ0v) is 11.8. The van der Waals surface area contributed by atoms with E-state index in [0.717, 1.165) is 16.9 Å². The molecule has 1 aromatic carbocycles. The fourth-order valence-electron chi connectivity index (χ4n) is 1.96. The molecule has 1 amide bonds. The molecule has 0 fully saturated rings. The second-order valence-electron chi connectivity index (χ2n) is 4.53. The summed E-state index contributed by atoms with van der Waals surface area (Å²) in [5.41, 5.74) is 2.34. The third-order valence-corrected chi connectivity index (χ3v) is 3.00. The predicted molar refractivity (Wildman–Crippen MR) is 75.6 cm³/mol. The maximum atomic E-state index is 12.1. The number of hydrogen-bond donors (Lipinski definition) is 1. The highest BCUT2D eigenvalue weighted by molar-refractivity contribution is 5.92. The fraction of sp³-hybridized carbons (Fsp3) is 0.267. The zero-order valence-electron chi connectivity index (χ0n) is 11.8. The minimum absolute atomic E-state index is 0.181. The molecule has 0 spiro atoms. The highest BCUT2D eigenvalue weighted by Gasteiger charge is 2.16. The van der Waals surface area contributed by atoms with Gasteiger partial charge in [-0.1, -0.05) is 17.7 Å². The van der Waals surface area contributed by atoms with E-state index in [9.17, 15) is 4.79 Å². The SMILES string of the molecule is COc1ccc(C)cc1C(C)NC(=O)c1cnccn1.